The van der Waals surface area contributed by atoms with Crippen LogP contribution in [0.3, 0.4) is 0 Å². The molecule has 0 radical (unpaired) electrons. The quantitative estimate of drug-likeness (QED) is 0.362. The summed E-state index contributed by atoms with van der Waals surface area (Å²) in [5.74, 6) is 0.620. The maximum atomic E-state index is 13.1. The van der Waals surface area contributed by atoms with Crippen LogP contribution in [-0.2, 0) is 10.0 Å². The van der Waals surface area contributed by atoms with E-state index >= 15 is 0 Å². The fourth-order valence-corrected chi connectivity index (χ4v) is 4.89. The molecule has 0 aliphatic rings. The fraction of sp³-hybridized carbons (Fsp3) is 0.174. The van der Waals surface area contributed by atoms with Crippen LogP contribution in [0, 0.1) is 5.82 Å². The van der Waals surface area contributed by atoms with E-state index in [-0.39, 0.29) is 22.5 Å². The maximum Gasteiger partial charge on any atom is 0.261 e. The molecular formula is C23H22FN5O3S2. The van der Waals surface area contributed by atoms with Gasteiger partial charge in [0.25, 0.3) is 15.9 Å². The van der Waals surface area contributed by atoms with Crippen LogP contribution in [-0.4, -0.2) is 40.9 Å². The van der Waals surface area contributed by atoms with Crippen molar-refractivity contribution in [3.8, 4) is 0 Å². The first kappa shape index (κ1) is 23.7. The van der Waals surface area contributed by atoms with Crippen LogP contribution in [0.5, 0.6) is 0 Å². The highest BCUT2D eigenvalue weighted by molar-refractivity contribution is 7.98. The Morgan fingerprint density at radius 1 is 1.06 bits per heavy atom. The number of hydrogen-bond acceptors (Lipinski definition) is 6. The van der Waals surface area contributed by atoms with E-state index in [2.05, 4.69) is 20.2 Å². The fourth-order valence-electron chi connectivity index (χ4n) is 3.36. The Balaban J connectivity index is 1.49. The van der Waals surface area contributed by atoms with Crippen LogP contribution in [0.1, 0.15) is 28.6 Å². The van der Waals surface area contributed by atoms with Crippen molar-refractivity contribution in [3.63, 3.8) is 0 Å². The number of hydrogen-bond donors (Lipinski definition) is 2. The summed E-state index contributed by atoms with van der Waals surface area (Å²) in [6, 6.07) is 15.8. The summed E-state index contributed by atoms with van der Waals surface area (Å²) in [6.07, 6.45) is 4.51. The summed E-state index contributed by atoms with van der Waals surface area (Å²) in [5.41, 5.74) is 1.34. The first-order valence-corrected chi connectivity index (χ1v) is 13.2. The lowest BCUT2D eigenvalue weighted by molar-refractivity contribution is 0.0934. The van der Waals surface area contributed by atoms with Crippen LogP contribution in [0.4, 0.5) is 10.1 Å². The van der Waals surface area contributed by atoms with Crippen molar-refractivity contribution in [3.05, 3.63) is 90.1 Å². The smallest absolute Gasteiger partial charge is 0.261 e. The second-order valence-corrected chi connectivity index (χ2v) is 10.1. The van der Waals surface area contributed by atoms with Gasteiger partial charge in [-0.15, -0.1) is 10.2 Å². The molecule has 176 valence electrons. The SMILES string of the molecule is CSCCC(NC(=O)c1ccc(NS(=O)(=O)c2ccc(F)cc2)cc1)c1nnc2ccccn12. The number of nitrogens with one attached hydrogen (secondary N) is 2. The molecule has 11 heteroatoms. The number of amides is 1. The Hall–Kier alpha value is -3.44. The van der Waals surface area contributed by atoms with E-state index in [4.69, 9.17) is 0 Å². The summed E-state index contributed by atoms with van der Waals surface area (Å²) < 4.78 is 42.3. The number of thioether (sulfide) groups is 1. The average molecular weight is 500 g/mol. The number of nitrogens with zero attached hydrogens (tertiary/aromatic N) is 3. The van der Waals surface area contributed by atoms with E-state index in [0.29, 0.717) is 23.5 Å². The van der Waals surface area contributed by atoms with Gasteiger partial charge in [-0.2, -0.15) is 11.8 Å². The zero-order valence-corrected chi connectivity index (χ0v) is 19.8. The highest BCUT2D eigenvalue weighted by Gasteiger charge is 2.21. The van der Waals surface area contributed by atoms with E-state index in [1.54, 1.807) is 11.8 Å². The van der Waals surface area contributed by atoms with Crippen molar-refractivity contribution < 1.29 is 17.6 Å². The first-order valence-electron chi connectivity index (χ1n) is 10.4. The van der Waals surface area contributed by atoms with Crippen molar-refractivity contribution in [1.82, 2.24) is 19.9 Å². The van der Waals surface area contributed by atoms with Crippen molar-refractivity contribution in [2.75, 3.05) is 16.7 Å². The Morgan fingerprint density at radius 2 is 1.79 bits per heavy atom. The third-order valence-electron chi connectivity index (χ3n) is 5.09. The van der Waals surface area contributed by atoms with E-state index in [1.165, 1.54) is 36.4 Å². The van der Waals surface area contributed by atoms with Crippen molar-refractivity contribution in [2.24, 2.45) is 0 Å². The molecule has 4 aromatic rings. The maximum absolute atomic E-state index is 13.1. The van der Waals surface area contributed by atoms with Crippen LogP contribution >= 0.6 is 11.8 Å². The predicted molar refractivity (Wildman–Crippen MR) is 130 cm³/mol. The molecule has 1 unspecified atom stereocenters. The number of sulfonamides is 1. The Kier molecular flexibility index (Phi) is 7.13. The van der Waals surface area contributed by atoms with Crippen LogP contribution in [0.15, 0.2) is 77.8 Å². The third-order valence-corrected chi connectivity index (χ3v) is 7.13. The van der Waals surface area contributed by atoms with E-state index < -0.39 is 15.8 Å². The molecule has 0 bridgehead atoms. The molecule has 2 aromatic heterocycles. The highest BCUT2D eigenvalue weighted by atomic mass is 32.2. The van der Waals surface area contributed by atoms with Gasteiger partial charge in [-0.1, -0.05) is 6.07 Å². The topological polar surface area (TPSA) is 105 Å². The number of rotatable bonds is 9. The normalized spacial score (nSPS) is 12.4. The molecule has 0 saturated carbocycles. The molecule has 2 heterocycles. The number of aromatic nitrogens is 3. The van der Waals surface area contributed by atoms with E-state index in [9.17, 15) is 17.6 Å². The number of benzene rings is 2. The highest BCUT2D eigenvalue weighted by Crippen LogP contribution is 2.21. The van der Waals surface area contributed by atoms with Gasteiger partial charge < -0.3 is 5.32 Å². The van der Waals surface area contributed by atoms with Gasteiger partial charge in [-0.25, -0.2) is 12.8 Å². The first-order chi connectivity index (χ1) is 16.4. The molecule has 4 rings (SSSR count). The standard InChI is InChI=1S/C23H22FN5O3S2/c1-33-15-13-20(22-27-26-21-4-2-3-14-29(21)22)25-23(30)16-5-9-18(10-6-16)28-34(31,32)19-11-7-17(24)8-12-19/h2-12,14,20,28H,13,15H2,1H3,(H,25,30). The van der Waals surface area contributed by atoms with Crippen LogP contribution in [0.2, 0.25) is 0 Å². The number of carbonyl (C=O) groups excluding carboxylic acids is 1. The second-order valence-electron chi connectivity index (χ2n) is 7.43. The average Bonchev–Trinajstić information content (AvgIpc) is 3.26. The summed E-state index contributed by atoms with van der Waals surface area (Å²) in [7, 11) is -3.88. The Morgan fingerprint density at radius 3 is 2.50 bits per heavy atom. The minimum Gasteiger partial charge on any atom is -0.342 e. The van der Waals surface area contributed by atoms with Crippen molar-refractivity contribution in [2.45, 2.75) is 17.4 Å². The minimum atomic E-state index is -3.88. The molecule has 0 saturated heterocycles. The lowest BCUT2D eigenvalue weighted by Crippen LogP contribution is -2.30. The monoisotopic (exact) mass is 499 g/mol. The van der Waals surface area contributed by atoms with E-state index in [1.807, 2.05) is 35.1 Å². The van der Waals surface area contributed by atoms with Crippen LogP contribution in [0.25, 0.3) is 5.65 Å². The van der Waals surface area contributed by atoms with Gasteiger partial charge in [0.1, 0.15) is 5.82 Å². The number of pyridine rings is 1. The lowest BCUT2D eigenvalue weighted by atomic mass is 10.1. The molecule has 8 nitrogen and oxygen atoms in total. The molecule has 0 spiro atoms. The number of anilines is 1. The van der Waals surface area contributed by atoms with Gasteiger partial charge >= 0.3 is 0 Å². The Bertz CT molecular complexity index is 1390. The zero-order chi connectivity index (χ0) is 24.1. The molecule has 1 amide bonds. The molecule has 0 aliphatic heterocycles. The molecule has 0 fully saturated rings. The number of fused-ring (bicyclic) bond motifs is 1. The van der Waals surface area contributed by atoms with Gasteiger partial charge in [0, 0.05) is 17.4 Å². The molecule has 34 heavy (non-hydrogen) atoms. The molecule has 2 aromatic carbocycles. The van der Waals surface area contributed by atoms with Crippen molar-refractivity contribution >= 4 is 39.0 Å². The molecule has 0 aliphatic carbocycles. The zero-order valence-electron chi connectivity index (χ0n) is 18.2. The molecule has 2 N–H and O–H groups in total. The Labute approximate surface area is 200 Å². The van der Waals surface area contributed by atoms with Gasteiger partial charge in [0.2, 0.25) is 0 Å². The lowest BCUT2D eigenvalue weighted by Gasteiger charge is -2.17. The van der Waals surface area contributed by atoms with Gasteiger partial charge in [-0.05, 0) is 79.1 Å². The predicted octanol–water partition coefficient (Wildman–Crippen LogP) is 3.89. The van der Waals surface area contributed by atoms with E-state index in [0.717, 1.165) is 17.9 Å². The van der Waals surface area contributed by atoms with Gasteiger partial charge in [-0.3, -0.25) is 13.9 Å². The largest absolute Gasteiger partial charge is 0.342 e. The second kappa shape index (κ2) is 10.2. The summed E-state index contributed by atoms with van der Waals surface area (Å²) >= 11 is 1.67. The summed E-state index contributed by atoms with van der Waals surface area (Å²) in [4.78, 5) is 12.9. The van der Waals surface area contributed by atoms with Gasteiger partial charge in [0.15, 0.2) is 11.5 Å². The minimum absolute atomic E-state index is 0.0621. The summed E-state index contributed by atoms with van der Waals surface area (Å²) in [5, 5.41) is 11.5. The third kappa shape index (κ3) is 5.37. The summed E-state index contributed by atoms with van der Waals surface area (Å²) in [6.45, 7) is 0. The number of halogens is 1. The molecule has 1 atom stereocenters. The number of carbonyl (C=O) groups is 1. The van der Waals surface area contributed by atoms with Crippen LogP contribution < -0.4 is 10.0 Å². The molecular weight excluding hydrogens is 477 g/mol. The van der Waals surface area contributed by atoms with Gasteiger partial charge in [0.05, 0.1) is 10.9 Å². The van der Waals surface area contributed by atoms with Crippen molar-refractivity contribution in [1.29, 1.82) is 0 Å².